The van der Waals surface area contributed by atoms with Gasteiger partial charge < -0.3 is 20.3 Å². The Kier molecular flexibility index (Phi) is 6.64. The summed E-state index contributed by atoms with van der Waals surface area (Å²) in [4.78, 5) is 10.8. The van der Waals surface area contributed by atoms with Gasteiger partial charge in [-0.3, -0.25) is 4.79 Å². The Morgan fingerprint density at radius 1 is 1.67 bits per heavy atom. The van der Waals surface area contributed by atoms with E-state index in [9.17, 15) is 4.79 Å². The number of aliphatic hydroxyl groups is 2. The first-order valence-electron chi connectivity index (χ1n) is 3.84. The average molecular weight is 177 g/mol. The van der Waals surface area contributed by atoms with Crippen molar-refractivity contribution in [1.29, 1.82) is 0 Å². The SMILES string of the molecule is CCOCC(=O)NC[C@H](O)CO. The first-order chi connectivity index (χ1) is 5.70. The Balaban J connectivity index is 3.31. The van der Waals surface area contributed by atoms with E-state index in [0.29, 0.717) is 6.61 Å². The highest BCUT2D eigenvalue weighted by Gasteiger charge is 2.04. The molecule has 1 amide bonds. The van der Waals surface area contributed by atoms with Crippen molar-refractivity contribution in [3.63, 3.8) is 0 Å². The molecule has 0 saturated carbocycles. The summed E-state index contributed by atoms with van der Waals surface area (Å²) in [6, 6.07) is 0. The Hall–Kier alpha value is -0.650. The van der Waals surface area contributed by atoms with Crippen LogP contribution < -0.4 is 5.32 Å². The van der Waals surface area contributed by atoms with Crippen molar-refractivity contribution >= 4 is 5.91 Å². The maximum Gasteiger partial charge on any atom is 0.246 e. The predicted octanol–water partition coefficient (Wildman–Crippen LogP) is -1.51. The van der Waals surface area contributed by atoms with Crippen LogP contribution in [0.4, 0.5) is 0 Å². The first kappa shape index (κ1) is 11.4. The third-order valence-corrected chi connectivity index (χ3v) is 1.18. The fourth-order valence-corrected chi connectivity index (χ4v) is 0.542. The Morgan fingerprint density at radius 3 is 2.83 bits per heavy atom. The van der Waals surface area contributed by atoms with Crippen LogP contribution in [0.1, 0.15) is 6.92 Å². The third-order valence-electron chi connectivity index (χ3n) is 1.18. The smallest absolute Gasteiger partial charge is 0.246 e. The van der Waals surface area contributed by atoms with Crippen molar-refractivity contribution in [1.82, 2.24) is 5.32 Å². The lowest BCUT2D eigenvalue weighted by atomic mass is 10.4. The minimum Gasteiger partial charge on any atom is -0.394 e. The van der Waals surface area contributed by atoms with Gasteiger partial charge in [0.25, 0.3) is 0 Å². The topological polar surface area (TPSA) is 78.8 Å². The molecule has 0 radical (unpaired) electrons. The van der Waals surface area contributed by atoms with Crippen molar-refractivity contribution in [2.75, 3.05) is 26.4 Å². The molecule has 0 aromatic carbocycles. The molecule has 0 spiro atoms. The van der Waals surface area contributed by atoms with Gasteiger partial charge >= 0.3 is 0 Å². The molecule has 72 valence electrons. The number of nitrogens with one attached hydrogen (secondary N) is 1. The van der Waals surface area contributed by atoms with Gasteiger partial charge in [0.1, 0.15) is 6.61 Å². The number of rotatable bonds is 6. The van der Waals surface area contributed by atoms with E-state index in [1.54, 1.807) is 6.92 Å². The molecule has 1 atom stereocenters. The fourth-order valence-electron chi connectivity index (χ4n) is 0.542. The molecule has 5 heteroatoms. The maximum atomic E-state index is 10.8. The lowest BCUT2D eigenvalue weighted by Gasteiger charge is -2.08. The second-order valence-corrected chi connectivity index (χ2v) is 2.28. The van der Waals surface area contributed by atoms with Gasteiger partial charge in [0, 0.05) is 13.2 Å². The molecule has 0 heterocycles. The molecule has 0 aliphatic rings. The fraction of sp³-hybridized carbons (Fsp3) is 0.857. The molecule has 0 bridgehead atoms. The summed E-state index contributed by atoms with van der Waals surface area (Å²) in [6.45, 7) is 1.97. The monoisotopic (exact) mass is 177 g/mol. The number of carbonyl (C=O) groups is 1. The van der Waals surface area contributed by atoms with Gasteiger partial charge in [0.2, 0.25) is 5.91 Å². The van der Waals surface area contributed by atoms with Crippen molar-refractivity contribution < 1.29 is 19.7 Å². The van der Waals surface area contributed by atoms with E-state index in [1.807, 2.05) is 0 Å². The van der Waals surface area contributed by atoms with Gasteiger partial charge in [-0.05, 0) is 6.92 Å². The highest BCUT2D eigenvalue weighted by atomic mass is 16.5. The number of aliphatic hydroxyl groups excluding tert-OH is 2. The van der Waals surface area contributed by atoms with E-state index in [2.05, 4.69) is 5.32 Å². The van der Waals surface area contributed by atoms with Crippen LogP contribution in [0, 0.1) is 0 Å². The summed E-state index contributed by atoms with van der Waals surface area (Å²) in [5.41, 5.74) is 0. The van der Waals surface area contributed by atoms with Gasteiger partial charge in [0.05, 0.1) is 12.7 Å². The molecule has 3 N–H and O–H groups in total. The van der Waals surface area contributed by atoms with Gasteiger partial charge in [0.15, 0.2) is 0 Å². The molecule has 0 unspecified atom stereocenters. The quantitative estimate of drug-likeness (QED) is 0.461. The zero-order valence-corrected chi connectivity index (χ0v) is 7.12. The van der Waals surface area contributed by atoms with E-state index >= 15 is 0 Å². The van der Waals surface area contributed by atoms with Crippen LogP contribution in [0.2, 0.25) is 0 Å². The van der Waals surface area contributed by atoms with Crippen molar-refractivity contribution in [3.8, 4) is 0 Å². The number of ether oxygens (including phenoxy) is 1. The van der Waals surface area contributed by atoms with Crippen LogP contribution in [0.25, 0.3) is 0 Å². The molecule has 0 aliphatic carbocycles. The van der Waals surface area contributed by atoms with E-state index in [1.165, 1.54) is 0 Å². The van der Waals surface area contributed by atoms with Crippen molar-refractivity contribution in [2.24, 2.45) is 0 Å². The molecule has 0 aromatic heterocycles. The minimum absolute atomic E-state index is 0.00531. The molecule has 12 heavy (non-hydrogen) atoms. The molecule has 0 rings (SSSR count). The van der Waals surface area contributed by atoms with Crippen LogP contribution >= 0.6 is 0 Å². The Bertz CT molecular complexity index is 129. The van der Waals surface area contributed by atoms with E-state index in [4.69, 9.17) is 14.9 Å². The van der Waals surface area contributed by atoms with Crippen molar-refractivity contribution in [3.05, 3.63) is 0 Å². The van der Waals surface area contributed by atoms with Crippen LogP contribution in [0.5, 0.6) is 0 Å². The zero-order chi connectivity index (χ0) is 9.40. The summed E-state index contributed by atoms with van der Waals surface area (Å²) < 4.78 is 4.81. The second kappa shape index (κ2) is 7.02. The summed E-state index contributed by atoms with van der Waals surface area (Å²) in [7, 11) is 0. The highest BCUT2D eigenvalue weighted by Crippen LogP contribution is 1.78. The lowest BCUT2D eigenvalue weighted by molar-refractivity contribution is -0.126. The Morgan fingerprint density at radius 2 is 2.33 bits per heavy atom. The number of amides is 1. The van der Waals surface area contributed by atoms with Crippen molar-refractivity contribution in [2.45, 2.75) is 13.0 Å². The minimum atomic E-state index is -0.893. The summed E-state index contributed by atoms with van der Waals surface area (Å²) in [5, 5.41) is 19.6. The van der Waals surface area contributed by atoms with Crippen LogP contribution in [-0.4, -0.2) is 48.6 Å². The second-order valence-electron chi connectivity index (χ2n) is 2.28. The van der Waals surface area contributed by atoms with Gasteiger partial charge in [-0.2, -0.15) is 0 Å². The van der Waals surface area contributed by atoms with E-state index in [-0.39, 0.29) is 25.7 Å². The number of hydrogen-bond acceptors (Lipinski definition) is 4. The molecule has 0 fully saturated rings. The van der Waals surface area contributed by atoms with Gasteiger partial charge in [-0.1, -0.05) is 0 Å². The normalized spacial score (nSPS) is 12.6. The average Bonchev–Trinajstić information content (AvgIpc) is 2.10. The zero-order valence-electron chi connectivity index (χ0n) is 7.12. The summed E-state index contributed by atoms with van der Waals surface area (Å²) in [6.07, 6.45) is -0.893. The van der Waals surface area contributed by atoms with E-state index < -0.39 is 6.10 Å². The number of carbonyl (C=O) groups excluding carboxylic acids is 1. The molecular weight excluding hydrogens is 162 g/mol. The van der Waals surface area contributed by atoms with E-state index in [0.717, 1.165) is 0 Å². The van der Waals surface area contributed by atoms with Gasteiger partial charge in [-0.25, -0.2) is 0 Å². The van der Waals surface area contributed by atoms with Gasteiger partial charge in [-0.15, -0.1) is 0 Å². The largest absolute Gasteiger partial charge is 0.394 e. The third kappa shape index (κ3) is 6.09. The molecule has 5 nitrogen and oxygen atoms in total. The van der Waals surface area contributed by atoms with Crippen LogP contribution in [0.3, 0.4) is 0 Å². The first-order valence-corrected chi connectivity index (χ1v) is 3.84. The van der Waals surface area contributed by atoms with Crippen LogP contribution in [-0.2, 0) is 9.53 Å². The summed E-state index contributed by atoms with van der Waals surface area (Å²) in [5.74, 6) is -0.288. The highest BCUT2D eigenvalue weighted by molar-refractivity contribution is 5.77. The summed E-state index contributed by atoms with van der Waals surface area (Å²) >= 11 is 0. The maximum absolute atomic E-state index is 10.8. The lowest BCUT2D eigenvalue weighted by Crippen LogP contribution is -2.35. The molecular formula is C7H15NO4. The predicted molar refractivity (Wildman–Crippen MR) is 42.6 cm³/mol. The number of hydrogen-bond donors (Lipinski definition) is 3. The Labute approximate surface area is 71.3 Å². The van der Waals surface area contributed by atoms with Crippen LogP contribution in [0.15, 0.2) is 0 Å². The molecule has 0 saturated heterocycles. The molecule has 0 aromatic rings. The molecule has 0 aliphatic heterocycles. The standard InChI is InChI=1S/C7H15NO4/c1-2-12-5-7(11)8-3-6(10)4-9/h6,9-10H,2-5H2,1H3,(H,8,11)/t6-/m0/s1.